The van der Waals surface area contributed by atoms with E-state index in [-0.39, 0.29) is 0 Å². The standard InChI is InChI=1S/C13H12N4OS/c14-13(18)17-19-12-8-6-11(7-9-12)16-15-10-4-2-1-3-5-10/h1-9H,(H3,14,17,18). The van der Waals surface area contributed by atoms with Gasteiger partial charge in [-0.1, -0.05) is 18.2 Å². The van der Waals surface area contributed by atoms with Crippen molar-refractivity contribution in [2.75, 3.05) is 0 Å². The molecule has 0 aromatic heterocycles. The summed E-state index contributed by atoms with van der Waals surface area (Å²) in [6.07, 6.45) is 0. The number of hydrogen-bond acceptors (Lipinski definition) is 4. The summed E-state index contributed by atoms with van der Waals surface area (Å²) >= 11 is 1.15. The van der Waals surface area contributed by atoms with Gasteiger partial charge in [-0.15, -0.1) is 0 Å². The fraction of sp³-hybridized carbons (Fsp3) is 0. The summed E-state index contributed by atoms with van der Waals surface area (Å²) in [5.74, 6) is 0. The van der Waals surface area contributed by atoms with Gasteiger partial charge in [0.2, 0.25) is 0 Å². The van der Waals surface area contributed by atoms with Crippen LogP contribution in [0.15, 0.2) is 69.7 Å². The number of carbonyl (C=O) groups is 1. The predicted molar refractivity (Wildman–Crippen MR) is 75.6 cm³/mol. The Kier molecular flexibility index (Phi) is 4.52. The Bertz CT molecular complexity index is 569. The Hall–Kier alpha value is -2.34. The zero-order valence-corrected chi connectivity index (χ0v) is 10.8. The van der Waals surface area contributed by atoms with E-state index in [9.17, 15) is 4.79 Å². The summed E-state index contributed by atoms with van der Waals surface area (Å²) in [6, 6.07) is 16.2. The Morgan fingerprint density at radius 3 is 2.11 bits per heavy atom. The molecular weight excluding hydrogens is 260 g/mol. The van der Waals surface area contributed by atoms with Crippen molar-refractivity contribution >= 4 is 29.4 Å². The lowest BCUT2D eigenvalue weighted by atomic mass is 10.3. The number of nitrogens with two attached hydrogens (primary N) is 1. The van der Waals surface area contributed by atoms with Gasteiger partial charge in [-0.25, -0.2) is 4.79 Å². The van der Waals surface area contributed by atoms with Gasteiger partial charge in [0.05, 0.1) is 11.4 Å². The summed E-state index contributed by atoms with van der Waals surface area (Å²) in [7, 11) is 0. The van der Waals surface area contributed by atoms with E-state index < -0.39 is 6.03 Å². The number of amides is 2. The molecule has 0 fully saturated rings. The Balaban J connectivity index is 1.99. The SMILES string of the molecule is NC(=O)NSc1ccc(N=Nc2ccccc2)cc1. The van der Waals surface area contributed by atoms with Crippen LogP contribution in [0.1, 0.15) is 0 Å². The first kappa shape index (κ1) is 13.1. The summed E-state index contributed by atoms with van der Waals surface area (Å²) in [4.78, 5) is 11.4. The van der Waals surface area contributed by atoms with Crippen LogP contribution in [0.4, 0.5) is 16.2 Å². The molecule has 0 atom stereocenters. The third-order valence-electron chi connectivity index (χ3n) is 2.14. The third-order valence-corrected chi connectivity index (χ3v) is 2.95. The number of urea groups is 1. The van der Waals surface area contributed by atoms with Crippen molar-refractivity contribution in [3.63, 3.8) is 0 Å². The van der Waals surface area contributed by atoms with E-state index in [4.69, 9.17) is 5.73 Å². The molecule has 0 heterocycles. The summed E-state index contributed by atoms with van der Waals surface area (Å²) in [6.45, 7) is 0. The molecule has 2 rings (SSSR count). The molecule has 19 heavy (non-hydrogen) atoms. The minimum Gasteiger partial charge on any atom is -0.351 e. The molecule has 3 N–H and O–H groups in total. The van der Waals surface area contributed by atoms with Gasteiger partial charge in [-0.2, -0.15) is 10.2 Å². The van der Waals surface area contributed by atoms with Crippen LogP contribution in [-0.4, -0.2) is 6.03 Å². The van der Waals surface area contributed by atoms with Gasteiger partial charge in [0.15, 0.2) is 0 Å². The second-order valence-electron chi connectivity index (χ2n) is 3.60. The molecular formula is C13H12N4OS. The quantitative estimate of drug-likeness (QED) is 0.656. The van der Waals surface area contributed by atoms with Gasteiger partial charge in [0, 0.05) is 4.90 Å². The second kappa shape index (κ2) is 6.55. The van der Waals surface area contributed by atoms with Crippen molar-refractivity contribution in [2.45, 2.75) is 4.90 Å². The first-order valence-electron chi connectivity index (χ1n) is 5.53. The van der Waals surface area contributed by atoms with E-state index in [0.29, 0.717) is 0 Å². The van der Waals surface area contributed by atoms with Crippen LogP contribution in [-0.2, 0) is 0 Å². The third kappa shape index (κ3) is 4.44. The molecule has 0 unspecified atom stereocenters. The number of benzene rings is 2. The normalized spacial score (nSPS) is 10.5. The zero-order valence-electron chi connectivity index (χ0n) is 9.98. The van der Waals surface area contributed by atoms with Crippen molar-refractivity contribution in [1.82, 2.24) is 4.72 Å². The molecule has 2 aromatic rings. The monoisotopic (exact) mass is 272 g/mol. The van der Waals surface area contributed by atoms with Crippen molar-refractivity contribution in [3.05, 3.63) is 54.6 Å². The van der Waals surface area contributed by atoms with E-state index >= 15 is 0 Å². The molecule has 96 valence electrons. The maximum atomic E-state index is 10.6. The van der Waals surface area contributed by atoms with E-state index in [1.54, 1.807) is 0 Å². The highest BCUT2D eigenvalue weighted by Gasteiger charge is 1.96. The van der Waals surface area contributed by atoms with Crippen LogP contribution in [0.2, 0.25) is 0 Å². The largest absolute Gasteiger partial charge is 0.351 e. The highest BCUT2D eigenvalue weighted by atomic mass is 32.2. The number of hydrogen-bond donors (Lipinski definition) is 2. The number of azo groups is 1. The lowest BCUT2D eigenvalue weighted by Crippen LogP contribution is -2.22. The molecule has 0 saturated carbocycles. The number of nitrogens with one attached hydrogen (secondary N) is 1. The molecule has 0 aliphatic rings. The van der Waals surface area contributed by atoms with Crippen LogP contribution in [0.3, 0.4) is 0 Å². The fourth-order valence-corrected chi connectivity index (χ4v) is 1.79. The predicted octanol–water partition coefficient (Wildman–Crippen LogP) is 3.78. The van der Waals surface area contributed by atoms with Gasteiger partial charge in [0.25, 0.3) is 0 Å². The Morgan fingerprint density at radius 1 is 0.947 bits per heavy atom. The average molecular weight is 272 g/mol. The number of nitrogens with zero attached hydrogens (tertiary/aromatic N) is 2. The summed E-state index contributed by atoms with van der Waals surface area (Å²) in [5.41, 5.74) is 6.52. The van der Waals surface area contributed by atoms with Crippen molar-refractivity contribution in [2.24, 2.45) is 16.0 Å². The van der Waals surface area contributed by atoms with Gasteiger partial charge in [-0.3, -0.25) is 4.72 Å². The number of rotatable bonds is 4. The molecule has 0 aliphatic carbocycles. The second-order valence-corrected chi connectivity index (χ2v) is 4.48. The average Bonchev–Trinajstić information content (AvgIpc) is 2.45. The smallest absolute Gasteiger partial charge is 0.322 e. The van der Waals surface area contributed by atoms with Crippen molar-refractivity contribution in [3.8, 4) is 0 Å². The van der Waals surface area contributed by atoms with Crippen LogP contribution in [0.25, 0.3) is 0 Å². The first-order valence-corrected chi connectivity index (χ1v) is 6.35. The molecule has 2 aromatic carbocycles. The van der Waals surface area contributed by atoms with Crippen LogP contribution >= 0.6 is 11.9 Å². The topological polar surface area (TPSA) is 79.8 Å². The van der Waals surface area contributed by atoms with Crippen LogP contribution in [0, 0.1) is 0 Å². The molecule has 5 nitrogen and oxygen atoms in total. The van der Waals surface area contributed by atoms with E-state index in [1.807, 2.05) is 54.6 Å². The molecule has 0 bridgehead atoms. The minimum atomic E-state index is -0.571. The molecule has 0 radical (unpaired) electrons. The van der Waals surface area contributed by atoms with Crippen molar-refractivity contribution < 1.29 is 4.79 Å². The molecule has 2 amide bonds. The van der Waals surface area contributed by atoms with Crippen molar-refractivity contribution in [1.29, 1.82) is 0 Å². The van der Waals surface area contributed by atoms with Crippen LogP contribution < -0.4 is 10.5 Å². The zero-order chi connectivity index (χ0) is 13.5. The number of carbonyl (C=O) groups excluding carboxylic acids is 1. The molecule has 0 saturated heterocycles. The summed E-state index contributed by atoms with van der Waals surface area (Å²) in [5, 5.41) is 8.23. The fourth-order valence-electron chi connectivity index (χ4n) is 1.30. The molecule has 6 heteroatoms. The van der Waals surface area contributed by atoms with Gasteiger partial charge < -0.3 is 5.73 Å². The highest BCUT2D eigenvalue weighted by molar-refractivity contribution is 7.98. The van der Waals surface area contributed by atoms with Gasteiger partial charge in [0.1, 0.15) is 0 Å². The lowest BCUT2D eigenvalue weighted by molar-refractivity contribution is 0.254. The highest BCUT2D eigenvalue weighted by Crippen LogP contribution is 2.21. The van der Waals surface area contributed by atoms with E-state index in [2.05, 4.69) is 15.0 Å². The van der Waals surface area contributed by atoms with Crippen LogP contribution in [0.5, 0.6) is 0 Å². The Labute approximate surface area is 115 Å². The Morgan fingerprint density at radius 2 is 1.53 bits per heavy atom. The maximum absolute atomic E-state index is 10.6. The lowest BCUT2D eigenvalue weighted by Gasteiger charge is -2.00. The molecule has 0 aliphatic heterocycles. The minimum absolute atomic E-state index is 0.571. The van der Waals surface area contributed by atoms with Gasteiger partial charge in [-0.05, 0) is 48.3 Å². The van der Waals surface area contributed by atoms with E-state index in [0.717, 1.165) is 28.2 Å². The van der Waals surface area contributed by atoms with E-state index in [1.165, 1.54) is 0 Å². The maximum Gasteiger partial charge on any atom is 0.322 e. The first-order chi connectivity index (χ1) is 9.24. The number of primary amides is 1. The molecule has 0 spiro atoms. The summed E-state index contributed by atoms with van der Waals surface area (Å²) < 4.78 is 2.44. The van der Waals surface area contributed by atoms with Gasteiger partial charge >= 0.3 is 6.03 Å².